The summed E-state index contributed by atoms with van der Waals surface area (Å²) in [5.41, 5.74) is 4.35. The van der Waals surface area contributed by atoms with Gasteiger partial charge in [0.25, 0.3) is 0 Å². The van der Waals surface area contributed by atoms with E-state index in [1.807, 2.05) is 56.3 Å². The van der Waals surface area contributed by atoms with E-state index in [0.29, 0.717) is 11.4 Å². The highest BCUT2D eigenvalue weighted by Gasteiger charge is 2.12. The van der Waals surface area contributed by atoms with Crippen molar-refractivity contribution in [2.24, 2.45) is 7.05 Å². The van der Waals surface area contributed by atoms with Gasteiger partial charge in [0.1, 0.15) is 5.82 Å². The van der Waals surface area contributed by atoms with Gasteiger partial charge < -0.3 is 15.5 Å². The summed E-state index contributed by atoms with van der Waals surface area (Å²) in [6.45, 7) is 0.927. The van der Waals surface area contributed by atoms with E-state index in [1.54, 1.807) is 0 Å². The van der Waals surface area contributed by atoms with Crippen molar-refractivity contribution in [1.82, 2.24) is 14.7 Å². The Kier molecular flexibility index (Phi) is 6.06. The first-order chi connectivity index (χ1) is 13.4. The van der Waals surface area contributed by atoms with Gasteiger partial charge in [-0.3, -0.25) is 4.68 Å². The fraction of sp³-hybridized carbons (Fsp3) is 0.238. The number of amides is 2. The lowest BCUT2D eigenvalue weighted by Gasteiger charge is -2.12. The zero-order valence-electron chi connectivity index (χ0n) is 16.2. The quantitative estimate of drug-likeness (QED) is 0.679. The van der Waals surface area contributed by atoms with E-state index in [0.717, 1.165) is 29.8 Å². The Morgan fingerprint density at radius 1 is 1.11 bits per heavy atom. The Morgan fingerprint density at radius 3 is 2.54 bits per heavy atom. The average molecular weight is 381 g/mol. The molecule has 0 atom stereocenters. The van der Waals surface area contributed by atoms with E-state index in [-0.39, 0.29) is 11.8 Å². The Morgan fingerprint density at radius 2 is 1.82 bits per heavy atom. The second kappa shape index (κ2) is 8.67. The van der Waals surface area contributed by atoms with Crippen LogP contribution < -0.4 is 10.6 Å². The molecule has 0 fully saturated rings. The van der Waals surface area contributed by atoms with Crippen molar-refractivity contribution >= 4 is 17.4 Å². The molecule has 3 rings (SSSR count). The standard InChI is InChI=1S/C21H24FN5O/c1-26(2)12-11-16-14-23-27(3)20(16)15-5-4-6-19(13-15)25-21(28)24-18-9-7-17(22)8-10-18/h4-10,13-14H,11-12H2,1-3H3,(H2,24,25,28). The van der Waals surface area contributed by atoms with E-state index in [4.69, 9.17) is 0 Å². The normalized spacial score (nSPS) is 10.9. The summed E-state index contributed by atoms with van der Waals surface area (Å²) >= 11 is 0. The number of nitrogens with zero attached hydrogens (tertiary/aromatic N) is 3. The van der Waals surface area contributed by atoms with Gasteiger partial charge in [0.15, 0.2) is 0 Å². The number of nitrogens with one attached hydrogen (secondary N) is 2. The van der Waals surface area contributed by atoms with Crippen LogP contribution in [0.3, 0.4) is 0 Å². The van der Waals surface area contributed by atoms with Crippen LogP contribution in [0.25, 0.3) is 11.3 Å². The van der Waals surface area contributed by atoms with Crippen LogP contribution in [0.2, 0.25) is 0 Å². The number of aryl methyl sites for hydroxylation is 1. The summed E-state index contributed by atoms with van der Waals surface area (Å²) in [5.74, 6) is -0.347. The van der Waals surface area contributed by atoms with E-state index in [2.05, 4.69) is 20.6 Å². The van der Waals surface area contributed by atoms with Crippen molar-refractivity contribution in [3.63, 3.8) is 0 Å². The first-order valence-corrected chi connectivity index (χ1v) is 9.02. The van der Waals surface area contributed by atoms with Gasteiger partial charge in [0.2, 0.25) is 0 Å². The molecule has 2 N–H and O–H groups in total. The van der Waals surface area contributed by atoms with Gasteiger partial charge >= 0.3 is 6.03 Å². The Labute approximate surface area is 164 Å². The molecule has 3 aromatic rings. The topological polar surface area (TPSA) is 62.2 Å². The number of likely N-dealkylation sites (N-methyl/N-ethyl adjacent to an activating group) is 1. The lowest BCUT2D eigenvalue weighted by Crippen LogP contribution is -2.19. The van der Waals surface area contributed by atoms with Gasteiger partial charge in [-0.05, 0) is 62.5 Å². The summed E-state index contributed by atoms with van der Waals surface area (Å²) in [7, 11) is 6.00. The van der Waals surface area contributed by atoms with Crippen molar-refractivity contribution < 1.29 is 9.18 Å². The highest BCUT2D eigenvalue weighted by atomic mass is 19.1. The number of hydrogen-bond acceptors (Lipinski definition) is 3. The number of hydrogen-bond donors (Lipinski definition) is 2. The van der Waals surface area contributed by atoms with Crippen molar-refractivity contribution in [2.75, 3.05) is 31.3 Å². The van der Waals surface area contributed by atoms with Crippen LogP contribution in [0.1, 0.15) is 5.56 Å². The monoisotopic (exact) mass is 381 g/mol. The number of halogens is 1. The summed E-state index contributed by atoms with van der Waals surface area (Å²) < 4.78 is 14.8. The summed E-state index contributed by atoms with van der Waals surface area (Å²) in [4.78, 5) is 14.4. The molecule has 0 radical (unpaired) electrons. The zero-order valence-corrected chi connectivity index (χ0v) is 16.2. The van der Waals surface area contributed by atoms with Gasteiger partial charge in [-0.1, -0.05) is 12.1 Å². The molecule has 0 aliphatic carbocycles. The molecule has 0 saturated carbocycles. The maximum Gasteiger partial charge on any atom is 0.323 e. The van der Waals surface area contributed by atoms with E-state index >= 15 is 0 Å². The number of urea groups is 1. The van der Waals surface area contributed by atoms with Crippen molar-refractivity contribution in [2.45, 2.75) is 6.42 Å². The van der Waals surface area contributed by atoms with Crippen LogP contribution in [-0.4, -0.2) is 41.4 Å². The van der Waals surface area contributed by atoms with E-state index in [1.165, 1.54) is 24.3 Å². The molecule has 28 heavy (non-hydrogen) atoms. The predicted octanol–water partition coefficient (Wildman–Crippen LogP) is 3.97. The number of carbonyl (C=O) groups is 1. The molecule has 0 spiro atoms. The van der Waals surface area contributed by atoms with Gasteiger partial charge in [-0.15, -0.1) is 0 Å². The molecule has 0 bridgehead atoms. The van der Waals surface area contributed by atoms with Crippen molar-refractivity contribution in [1.29, 1.82) is 0 Å². The molecular formula is C21H24FN5O. The molecular weight excluding hydrogens is 357 g/mol. The predicted molar refractivity (Wildman–Crippen MR) is 110 cm³/mol. The van der Waals surface area contributed by atoms with Gasteiger partial charge in [0, 0.05) is 30.5 Å². The first-order valence-electron chi connectivity index (χ1n) is 9.02. The number of aromatic nitrogens is 2. The minimum atomic E-state index is -0.387. The third-order valence-corrected chi connectivity index (χ3v) is 4.34. The Balaban J connectivity index is 1.74. The fourth-order valence-corrected chi connectivity index (χ4v) is 2.95. The van der Waals surface area contributed by atoms with E-state index < -0.39 is 0 Å². The molecule has 0 aliphatic heterocycles. The lowest BCUT2D eigenvalue weighted by molar-refractivity contribution is 0.262. The number of rotatable bonds is 6. The van der Waals surface area contributed by atoms with Gasteiger partial charge in [-0.2, -0.15) is 5.10 Å². The third-order valence-electron chi connectivity index (χ3n) is 4.34. The van der Waals surface area contributed by atoms with Gasteiger partial charge in [-0.25, -0.2) is 9.18 Å². The van der Waals surface area contributed by atoms with Gasteiger partial charge in [0.05, 0.1) is 11.9 Å². The molecule has 2 amide bonds. The fourth-order valence-electron chi connectivity index (χ4n) is 2.95. The molecule has 2 aromatic carbocycles. The molecule has 0 aliphatic rings. The highest BCUT2D eigenvalue weighted by Crippen LogP contribution is 2.26. The SMILES string of the molecule is CN(C)CCc1cnn(C)c1-c1cccc(NC(=O)Nc2ccc(F)cc2)c1. The Bertz CT molecular complexity index is 950. The summed E-state index contributed by atoms with van der Waals surface area (Å²) in [6.07, 6.45) is 2.78. The van der Waals surface area contributed by atoms with Crippen LogP contribution in [-0.2, 0) is 13.5 Å². The minimum absolute atomic E-state index is 0.347. The second-order valence-corrected chi connectivity index (χ2v) is 6.86. The molecule has 0 saturated heterocycles. The van der Waals surface area contributed by atoms with Crippen LogP contribution in [0, 0.1) is 5.82 Å². The van der Waals surface area contributed by atoms with E-state index in [9.17, 15) is 9.18 Å². The molecule has 1 heterocycles. The highest BCUT2D eigenvalue weighted by molar-refractivity contribution is 6.00. The largest absolute Gasteiger partial charge is 0.323 e. The Hall–Kier alpha value is -3.19. The molecule has 1 aromatic heterocycles. The molecule has 7 heteroatoms. The van der Waals surface area contributed by atoms with Crippen molar-refractivity contribution in [3.05, 3.63) is 66.1 Å². The number of benzene rings is 2. The van der Waals surface area contributed by atoms with Crippen LogP contribution in [0.15, 0.2) is 54.7 Å². The van der Waals surface area contributed by atoms with Crippen molar-refractivity contribution in [3.8, 4) is 11.3 Å². The minimum Gasteiger partial charge on any atom is -0.309 e. The zero-order chi connectivity index (χ0) is 20.1. The number of anilines is 2. The van der Waals surface area contributed by atoms with Crippen LogP contribution in [0.5, 0.6) is 0 Å². The summed E-state index contributed by atoms with van der Waals surface area (Å²) in [6, 6.07) is 12.9. The average Bonchev–Trinajstić information content (AvgIpc) is 3.02. The second-order valence-electron chi connectivity index (χ2n) is 6.86. The maximum absolute atomic E-state index is 13.0. The third kappa shape index (κ3) is 4.95. The molecule has 6 nitrogen and oxygen atoms in total. The maximum atomic E-state index is 13.0. The summed E-state index contributed by atoms with van der Waals surface area (Å²) in [5, 5.41) is 9.89. The number of carbonyl (C=O) groups excluding carboxylic acids is 1. The molecule has 0 unspecified atom stereocenters. The molecule has 146 valence electrons. The van der Waals surface area contributed by atoms with Crippen LogP contribution >= 0.6 is 0 Å². The lowest BCUT2D eigenvalue weighted by atomic mass is 10.0. The van der Waals surface area contributed by atoms with Crippen LogP contribution in [0.4, 0.5) is 20.6 Å². The first kappa shape index (κ1) is 19.6. The smallest absolute Gasteiger partial charge is 0.309 e.